The summed E-state index contributed by atoms with van der Waals surface area (Å²) < 4.78 is 5.03. The predicted molar refractivity (Wildman–Crippen MR) is 64.9 cm³/mol. The lowest BCUT2D eigenvalue weighted by Crippen LogP contribution is -2.47. The first-order valence-corrected chi connectivity index (χ1v) is 5.89. The molecular weight excluding hydrogens is 222 g/mol. The molecule has 2 atom stereocenters. The van der Waals surface area contributed by atoms with Crippen LogP contribution in [0.25, 0.3) is 0 Å². The van der Waals surface area contributed by atoms with Crippen molar-refractivity contribution in [1.29, 1.82) is 0 Å². The first-order valence-electron chi connectivity index (χ1n) is 5.89. The average molecular weight is 245 g/mol. The van der Waals surface area contributed by atoms with Gasteiger partial charge >= 0.3 is 12.1 Å². The van der Waals surface area contributed by atoms with Gasteiger partial charge < -0.3 is 15.2 Å². The lowest BCUT2D eigenvalue weighted by molar-refractivity contribution is -0.140. The van der Waals surface area contributed by atoms with Gasteiger partial charge in [-0.1, -0.05) is 20.3 Å². The van der Waals surface area contributed by atoms with Crippen molar-refractivity contribution in [3.8, 4) is 0 Å². The zero-order valence-corrected chi connectivity index (χ0v) is 11.2. The number of hydrogen-bond acceptors (Lipinski definition) is 3. The van der Waals surface area contributed by atoms with Crippen LogP contribution in [-0.2, 0) is 9.53 Å². The molecule has 0 aromatic rings. The van der Waals surface area contributed by atoms with Gasteiger partial charge in [-0.05, 0) is 33.1 Å². The van der Waals surface area contributed by atoms with Gasteiger partial charge in [0.05, 0.1) is 0 Å². The molecule has 0 radical (unpaired) electrons. The van der Waals surface area contributed by atoms with E-state index in [1.807, 2.05) is 6.92 Å². The number of hydrogen-bond donors (Lipinski definition) is 2. The Labute approximate surface area is 103 Å². The summed E-state index contributed by atoms with van der Waals surface area (Å²) in [5, 5.41) is 11.4. The minimum absolute atomic E-state index is 0.120. The first-order chi connectivity index (χ1) is 7.67. The largest absolute Gasteiger partial charge is 0.480 e. The smallest absolute Gasteiger partial charge is 0.408 e. The third kappa shape index (κ3) is 6.81. The van der Waals surface area contributed by atoms with Crippen LogP contribution in [0.5, 0.6) is 0 Å². The van der Waals surface area contributed by atoms with Gasteiger partial charge in [0.2, 0.25) is 0 Å². The standard InChI is InChI=1S/C12H23NO4/c1-6-7-8(2)9(10(14)15)13-11(16)17-12(3,4)5/h8-9H,6-7H2,1-5H3,(H,13,16)(H,14,15)/t8-,9-/m0/s1. The predicted octanol–water partition coefficient (Wildman–Crippen LogP) is 2.40. The molecule has 0 rings (SSSR count). The summed E-state index contributed by atoms with van der Waals surface area (Å²) in [6.07, 6.45) is 0.932. The molecule has 17 heavy (non-hydrogen) atoms. The Morgan fingerprint density at radius 3 is 2.24 bits per heavy atom. The van der Waals surface area contributed by atoms with E-state index in [1.165, 1.54) is 0 Å². The van der Waals surface area contributed by atoms with Crippen LogP contribution in [-0.4, -0.2) is 28.8 Å². The second kappa shape index (κ2) is 6.47. The molecule has 5 nitrogen and oxygen atoms in total. The normalized spacial score (nSPS) is 14.9. The van der Waals surface area contributed by atoms with E-state index in [9.17, 15) is 9.59 Å². The number of carboxylic acid groups (broad SMARTS) is 1. The van der Waals surface area contributed by atoms with Crippen LogP contribution in [0.1, 0.15) is 47.5 Å². The highest BCUT2D eigenvalue weighted by Gasteiger charge is 2.28. The molecule has 0 saturated carbocycles. The Morgan fingerprint density at radius 2 is 1.88 bits per heavy atom. The highest BCUT2D eigenvalue weighted by molar-refractivity contribution is 5.80. The van der Waals surface area contributed by atoms with E-state index in [0.717, 1.165) is 12.8 Å². The zero-order valence-electron chi connectivity index (χ0n) is 11.2. The highest BCUT2D eigenvalue weighted by atomic mass is 16.6. The van der Waals surface area contributed by atoms with Crippen LogP contribution in [0.3, 0.4) is 0 Å². The summed E-state index contributed by atoms with van der Waals surface area (Å²) in [6, 6.07) is -0.898. The van der Waals surface area contributed by atoms with Crippen molar-refractivity contribution in [1.82, 2.24) is 5.32 Å². The Bertz CT molecular complexity index is 270. The van der Waals surface area contributed by atoms with Crippen molar-refractivity contribution in [3.63, 3.8) is 0 Å². The Kier molecular flexibility index (Phi) is 5.99. The lowest BCUT2D eigenvalue weighted by Gasteiger charge is -2.24. The number of aliphatic carboxylic acids is 1. The number of nitrogens with one attached hydrogen (secondary N) is 1. The number of carboxylic acids is 1. The molecule has 1 amide bonds. The van der Waals surface area contributed by atoms with Gasteiger partial charge in [-0.3, -0.25) is 0 Å². The fourth-order valence-corrected chi connectivity index (χ4v) is 1.50. The first kappa shape index (κ1) is 15.7. The molecule has 0 aliphatic carbocycles. The Hall–Kier alpha value is -1.26. The summed E-state index contributed by atoms with van der Waals surface area (Å²) >= 11 is 0. The van der Waals surface area contributed by atoms with Crippen molar-refractivity contribution in [2.45, 2.75) is 59.1 Å². The Balaban J connectivity index is 4.45. The fourth-order valence-electron chi connectivity index (χ4n) is 1.50. The van der Waals surface area contributed by atoms with Gasteiger partial charge in [0.25, 0.3) is 0 Å². The molecule has 0 spiro atoms. The fraction of sp³-hybridized carbons (Fsp3) is 0.833. The van der Waals surface area contributed by atoms with Gasteiger partial charge in [0.1, 0.15) is 11.6 Å². The number of carbonyl (C=O) groups is 2. The van der Waals surface area contributed by atoms with Crippen LogP contribution in [0, 0.1) is 5.92 Å². The van der Waals surface area contributed by atoms with Gasteiger partial charge in [-0.2, -0.15) is 0 Å². The maximum absolute atomic E-state index is 11.5. The average Bonchev–Trinajstić information content (AvgIpc) is 2.11. The van der Waals surface area contributed by atoms with E-state index >= 15 is 0 Å². The van der Waals surface area contributed by atoms with E-state index < -0.39 is 23.7 Å². The molecular formula is C12H23NO4. The molecule has 0 aromatic carbocycles. The van der Waals surface area contributed by atoms with Crippen molar-refractivity contribution in [2.24, 2.45) is 5.92 Å². The van der Waals surface area contributed by atoms with Crippen molar-refractivity contribution in [2.75, 3.05) is 0 Å². The van der Waals surface area contributed by atoms with Crippen LogP contribution in [0.2, 0.25) is 0 Å². The van der Waals surface area contributed by atoms with Crippen LogP contribution >= 0.6 is 0 Å². The van der Waals surface area contributed by atoms with Crippen LogP contribution < -0.4 is 5.32 Å². The third-order valence-electron chi connectivity index (χ3n) is 2.25. The third-order valence-corrected chi connectivity index (χ3v) is 2.25. The summed E-state index contributed by atoms with van der Waals surface area (Å²) in [4.78, 5) is 22.5. The molecule has 0 unspecified atom stereocenters. The number of amides is 1. The van der Waals surface area contributed by atoms with Crippen molar-refractivity contribution in [3.05, 3.63) is 0 Å². The van der Waals surface area contributed by atoms with Gasteiger partial charge in [-0.25, -0.2) is 9.59 Å². The number of rotatable bonds is 5. The quantitative estimate of drug-likeness (QED) is 0.779. The van der Waals surface area contributed by atoms with E-state index in [2.05, 4.69) is 5.32 Å². The van der Waals surface area contributed by atoms with Gasteiger partial charge in [0, 0.05) is 0 Å². The molecule has 0 aliphatic rings. The molecule has 0 bridgehead atoms. The molecule has 100 valence electrons. The molecule has 0 aromatic heterocycles. The van der Waals surface area contributed by atoms with Crippen LogP contribution in [0.15, 0.2) is 0 Å². The second-order valence-electron chi connectivity index (χ2n) is 5.23. The van der Waals surface area contributed by atoms with E-state index in [1.54, 1.807) is 27.7 Å². The monoisotopic (exact) mass is 245 g/mol. The van der Waals surface area contributed by atoms with Gasteiger partial charge in [-0.15, -0.1) is 0 Å². The molecule has 0 saturated heterocycles. The molecule has 5 heteroatoms. The Morgan fingerprint density at radius 1 is 1.35 bits per heavy atom. The summed E-state index contributed by atoms with van der Waals surface area (Å²) in [6.45, 7) is 8.98. The van der Waals surface area contributed by atoms with Crippen molar-refractivity contribution < 1.29 is 19.4 Å². The van der Waals surface area contributed by atoms with E-state index in [4.69, 9.17) is 9.84 Å². The van der Waals surface area contributed by atoms with Gasteiger partial charge in [0.15, 0.2) is 0 Å². The molecule has 0 heterocycles. The number of ether oxygens (including phenoxy) is 1. The minimum atomic E-state index is -1.03. The second-order valence-corrected chi connectivity index (χ2v) is 5.23. The number of carbonyl (C=O) groups excluding carboxylic acids is 1. The summed E-state index contributed by atoms with van der Waals surface area (Å²) in [5.41, 5.74) is -0.624. The molecule has 0 fully saturated rings. The maximum Gasteiger partial charge on any atom is 0.408 e. The maximum atomic E-state index is 11.5. The minimum Gasteiger partial charge on any atom is -0.480 e. The molecule has 2 N–H and O–H groups in total. The topological polar surface area (TPSA) is 75.6 Å². The summed E-state index contributed by atoms with van der Waals surface area (Å²) in [7, 11) is 0. The van der Waals surface area contributed by atoms with Crippen molar-refractivity contribution >= 4 is 12.1 Å². The number of alkyl carbamates (subject to hydrolysis) is 1. The SMILES string of the molecule is CCC[C@H](C)[C@H](NC(=O)OC(C)(C)C)C(=O)O. The lowest BCUT2D eigenvalue weighted by atomic mass is 9.97. The highest BCUT2D eigenvalue weighted by Crippen LogP contribution is 2.13. The molecule has 0 aliphatic heterocycles. The summed E-state index contributed by atoms with van der Waals surface area (Å²) in [5.74, 6) is -1.15. The van der Waals surface area contributed by atoms with E-state index in [0.29, 0.717) is 0 Å². The zero-order chi connectivity index (χ0) is 13.6. The van der Waals surface area contributed by atoms with Crippen LogP contribution in [0.4, 0.5) is 4.79 Å². The van der Waals surface area contributed by atoms with E-state index in [-0.39, 0.29) is 5.92 Å².